The third-order valence-corrected chi connectivity index (χ3v) is 6.99. The van der Waals surface area contributed by atoms with Crippen molar-refractivity contribution in [1.29, 1.82) is 0 Å². The molecule has 0 spiro atoms. The number of piperidine rings is 1. The first-order chi connectivity index (χ1) is 16.5. The van der Waals surface area contributed by atoms with Crippen LogP contribution in [0.5, 0.6) is 5.88 Å². The SMILES string of the molecule is CNC(=O)CN1CCC(c2ccc3[nH]c(-c4cc(OC)n5ncnc5c4)c(C(C)C)c3c2)CC1. The van der Waals surface area contributed by atoms with E-state index in [0.717, 1.165) is 48.4 Å². The number of hydrogen-bond acceptors (Lipinski definition) is 5. The van der Waals surface area contributed by atoms with E-state index in [4.69, 9.17) is 4.74 Å². The zero-order valence-corrected chi connectivity index (χ0v) is 20.3. The summed E-state index contributed by atoms with van der Waals surface area (Å²) in [5.74, 6) is 1.59. The van der Waals surface area contributed by atoms with Crippen LogP contribution >= 0.6 is 0 Å². The molecule has 1 aliphatic rings. The summed E-state index contributed by atoms with van der Waals surface area (Å²) in [6, 6.07) is 10.9. The van der Waals surface area contributed by atoms with Gasteiger partial charge in [0, 0.05) is 29.6 Å². The van der Waals surface area contributed by atoms with Crippen LogP contribution < -0.4 is 10.1 Å². The number of H-pyrrole nitrogens is 1. The van der Waals surface area contributed by atoms with E-state index in [1.807, 2.05) is 6.07 Å². The first-order valence-electron chi connectivity index (χ1n) is 11.9. The Kier molecular flexibility index (Phi) is 6.00. The topological polar surface area (TPSA) is 87.5 Å². The van der Waals surface area contributed by atoms with E-state index in [1.165, 1.54) is 16.5 Å². The molecule has 1 aliphatic heterocycles. The van der Waals surface area contributed by atoms with E-state index < -0.39 is 0 Å². The summed E-state index contributed by atoms with van der Waals surface area (Å²) in [5.41, 5.74) is 6.73. The smallest absolute Gasteiger partial charge is 0.233 e. The maximum atomic E-state index is 11.7. The minimum absolute atomic E-state index is 0.0854. The highest BCUT2D eigenvalue weighted by molar-refractivity contribution is 5.92. The molecule has 0 radical (unpaired) electrons. The van der Waals surface area contributed by atoms with Crippen molar-refractivity contribution >= 4 is 22.5 Å². The Hall–Kier alpha value is -3.39. The number of nitrogens with one attached hydrogen (secondary N) is 2. The molecule has 4 heterocycles. The number of rotatable bonds is 6. The Labute approximate surface area is 199 Å². The minimum atomic E-state index is 0.0854. The molecular weight excluding hydrogens is 428 g/mol. The zero-order chi connectivity index (χ0) is 23.8. The molecule has 8 nitrogen and oxygen atoms in total. The first kappa shape index (κ1) is 22.4. The molecule has 3 aromatic heterocycles. The van der Waals surface area contributed by atoms with Gasteiger partial charge in [-0.05, 0) is 67.1 Å². The van der Waals surface area contributed by atoms with Crippen LogP contribution in [0.25, 0.3) is 27.8 Å². The molecule has 2 N–H and O–H groups in total. The van der Waals surface area contributed by atoms with Gasteiger partial charge in [0.15, 0.2) is 5.65 Å². The lowest BCUT2D eigenvalue weighted by Gasteiger charge is -2.31. The van der Waals surface area contributed by atoms with Crippen LogP contribution in [0.15, 0.2) is 36.7 Å². The summed E-state index contributed by atoms with van der Waals surface area (Å²) < 4.78 is 7.28. The molecule has 5 rings (SSSR count). The lowest BCUT2D eigenvalue weighted by molar-refractivity contribution is -0.122. The van der Waals surface area contributed by atoms with Crippen molar-refractivity contribution in [2.24, 2.45) is 0 Å². The van der Waals surface area contributed by atoms with Gasteiger partial charge >= 0.3 is 0 Å². The molecule has 1 saturated heterocycles. The second-order valence-corrected chi connectivity index (χ2v) is 9.41. The second-order valence-electron chi connectivity index (χ2n) is 9.41. The van der Waals surface area contributed by atoms with Crippen molar-refractivity contribution in [2.75, 3.05) is 33.8 Å². The summed E-state index contributed by atoms with van der Waals surface area (Å²) in [5, 5.41) is 8.25. The van der Waals surface area contributed by atoms with Crippen LogP contribution in [0.2, 0.25) is 0 Å². The number of ether oxygens (including phenoxy) is 1. The largest absolute Gasteiger partial charge is 0.481 e. The van der Waals surface area contributed by atoms with Crippen LogP contribution in [-0.2, 0) is 4.79 Å². The third-order valence-electron chi connectivity index (χ3n) is 6.99. The number of carbonyl (C=O) groups excluding carboxylic acids is 1. The molecule has 34 heavy (non-hydrogen) atoms. The van der Waals surface area contributed by atoms with Crippen molar-refractivity contribution in [2.45, 2.75) is 38.5 Å². The highest BCUT2D eigenvalue weighted by atomic mass is 16.5. The van der Waals surface area contributed by atoms with E-state index >= 15 is 0 Å². The number of likely N-dealkylation sites (tertiary alicyclic amines) is 1. The van der Waals surface area contributed by atoms with Crippen LogP contribution in [-0.4, -0.2) is 64.2 Å². The molecule has 0 unspecified atom stereocenters. The molecule has 1 amide bonds. The van der Waals surface area contributed by atoms with Crippen molar-refractivity contribution in [3.05, 3.63) is 47.8 Å². The zero-order valence-electron chi connectivity index (χ0n) is 20.3. The molecule has 0 atom stereocenters. The Bertz CT molecular complexity index is 1330. The monoisotopic (exact) mass is 460 g/mol. The predicted molar refractivity (Wildman–Crippen MR) is 133 cm³/mol. The van der Waals surface area contributed by atoms with Crippen LogP contribution in [0, 0.1) is 0 Å². The summed E-state index contributed by atoms with van der Waals surface area (Å²) in [4.78, 5) is 22.0. The number of methoxy groups -OCH3 is 1. The van der Waals surface area contributed by atoms with Gasteiger partial charge in [-0.3, -0.25) is 9.69 Å². The second kappa shape index (κ2) is 9.10. The van der Waals surface area contributed by atoms with Crippen LogP contribution in [0.3, 0.4) is 0 Å². The number of pyridine rings is 1. The van der Waals surface area contributed by atoms with Gasteiger partial charge in [0.05, 0.1) is 19.3 Å². The van der Waals surface area contributed by atoms with E-state index in [1.54, 1.807) is 25.0 Å². The number of likely N-dealkylation sites (N-methyl/N-ethyl adjacent to an activating group) is 1. The summed E-state index contributed by atoms with van der Waals surface area (Å²) >= 11 is 0. The molecule has 178 valence electrons. The van der Waals surface area contributed by atoms with Crippen molar-refractivity contribution in [1.82, 2.24) is 29.8 Å². The maximum absolute atomic E-state index is 11.7. The lowest BCUT2D eigenvalue weighted by Crippen LogP contribution is -2.40. The fraction of sp³-hybridized carbons (Fsp3) is 0.423. The fourth-order valence-electron chi connectivity index (χ4n) is 5.20. The van der Waals surface area contributed by atoms with Gasteiger partial charge in [-0.25, -0.2) is 4.98 Å². The van der Waals surface area contributed by atoms with Crippen LogP contribution in [0.4, 0.5) is 0 Å². The van der Waals surface area contributed by atoms with E-state index in [2.05, 4.69) is 63.4 Å². The van der Waals surface area contributed by atoms with E-state index in [0.29, 0.717) is 24.3 Å². The highest BCUT2D eigenvalue weighted by Crippen LogP contribution is 2.39. The Morgan fingerprint density at radius 3 is 2.74 bits per heavy atom. The Morgan fingerprint density at radius 1 is 1.24 bits per heavy atom. The van der Waals surface area contributed by atoms with E-state index in [-0.39, 0.29) is 5.91 Å². The van der Waals surface area contributed by atoms with Gasteiger partial charge in [0.1, 0.15) is 6.33 Å². The molecule has 0 aliphatic carbocycles. The molecular formula is C26H32N6O2. The quantitative estimate of drug-likeness (QED) is 0.455. The van der Waals surface area contributed by atoms with Crippen molar-refractivity contribution < 1.29 is 9.53 Å². The molecule has 0 saturated carbocycles. The highest BCUT2D eigenvalue weighted by Gasteiger charge is 2.24. The van der Waals surface area contributed by atoms with Crippen molar-refractivity contribution in [3.8, 4) is 17.1 Å². The summed E-state index contributed by atoms with van der Waals surface area (Å²) in [6.45, 7) is 6.86. The number of hydrogen-bond donors (Lipinski definition) is 2. The Morgan fingerprint density at radius 2 is 2.03 bits per heavy atom. The van der Waals surface area contributed by atoms with Crippen molar-refractivity contribution in [3.63, 3.8) is 0 Å². The molecule has 0 bridgehead atoms. The summed E-state index contributed by atoms with van der Waals surface area (Å²) in [7, 11) is 3.35. The van der Waals surface area contributed by atoms with Gasteiger partial charge < -0.3 is 15.0 Å². The lowest BCUT2D eigenvalue weighted by atomic mass is 9.87. The third kappa shape index (κ3) is 4.03. The average Bonchev–Trinajstić information content (AvgIpc) is 3.48. The van der Waals surface area contributed by atoms with Crippen LogP contribution in [0.1, 0.15) is 49.7 Å². The predicted octanol–water partition coefficient (Wildman–Crippen LogP) is 3.94. The minimum Gasteiger partial charge on any atom is -0.481 e. The number of fused-ring (bicyclic) bond motifs is 2. The number of amides is 1. The number of benzene rings is 1. The van der Waals surface area contributed by atoms with Gasteiger partial charge in [-0.2, -0.15) is 9.61 Å². The van der Waals surface area contributed by atoms with Gasteiger partial charge in [0.25, 0.3) is 0 Å². The normalized spacial score (nSPS) is 15.4. The molecule has 4 aromatic rings. The van der Waals surface area contributed by atoms with Gasteiger partial charge in [0.2, 0.25) is 11.8 Å². The van der Waals surface area contributed by atoms with Gasteiger partial charge in [-0.15, -0.1) is 0 Å². The first-order valence-corrected chi connectivity index (χ1v) is 11.9. The molecule has 8 heteroatoms. The number of nitrogens with zero attached hydrogens (tertiary/aromatic N) is 4. The number of aromatic amines is 1. The maximum Gasteiger partial charge on any atom is 0.233 e. The standard InChI is InChI=1S/C26H32N6O2/c1-16(2)25-20-11-18(17-7-9-31(10-8-17)14-23(33)27-3)5-6-21(20)30-26(25)19-12-22-28-15-29-32(22)24(13-19)34-4/h5-6,11-13,15-17,30H,7-10,14H2,1-4H3,(H,27,33). The van der Waals surface area contributed by atoms with E-state index in [9.17, 15) is 4.79 Å². The molecule has 1 aromatic carbocycles. The number of carbonyl (C=O) groups is 1. The van der Waals surface area contributed by atoms with Gasteiger partial charge in [-0.1, -0.05) is 19.9 Å². The average molecular weight is 461 g/mol. The molecule has 1 fully saturated rings. The Balaban J connectivity index is 1.49. The number of aromatic nitrogens is 4. The fourth-order valence-corrected chi connectivity index (χ4v) is 5.20. The summed E-state index contributed by atoms with van der Waals surface area (Å²) in [6.07, 6.45) is 3.68.